The number of ketones is 1. The maximum absolute atomic E-state index is 10.6. The van der Waals surface area contributed by atoms with E-state index in [1.54, 1.807) is 0 Å². The molecule has 0 bridgehead atoms. The Morgan fingerprint density at radius 1 is 1.67 bits per heavy atom. The number of carbonyl (C=O) groups is 1. The maximum Gasteiger partial charge on any atom is 0.161 e. The number of nitrogens with two attached hydrogens (primary N) is 1. The topological polar surface area (TPSA) is 43.1 Å². The molecule has 0 aromatic rings. The SMILES string of the molecule is CC1=CCC(=O)C=C1N. The van der Waals surface area contributed by atoms with Gasteiger partial charge in [0.1, 0.15) is 0 Å². The summed E-state index contributed by atoms with van der Waals surface area (Å²) in [5.74, 6) is 0.0955. The number of hydrogen-bond donors (Lipinski definition) is 1. The van der Waals surface area contributed by atoms with Crippen molar-refractivity contribution >= 4 is 5.78 Å². The summed E-state index contributed by atoms with van der Waals surface area (Å²) >= 11 is 0. The predicted molar refractivity (Wildman–Crippen MR) is 35.7 cm³/mol. The molecule has 0 amide bonds. The number of carbonyl (C=O) groups excluding carboxylic acids is 1. The lowest BCUT2D eigenvalue weighted by atomic mass is 10.1. The van der Waals surface area contributed by atoms with Gasteiger partial charge >= 0.3 is 0 Å². The van der Waals surface area contributed by atoms with Gasteiger partial charge in [0, 0.05) is 18.2 Å². The molecule has 1 rings (SSSR count). The van der Waals surface area contributed by atoms with Gasteiger partial charge in [-0.1, -0.05) is 6.08 Å². The first-order chi connectivity index (χ1) is 4.20. The van der Waals surface area contributed by atoms with E-state index < -0.39 is 0 Å². The molecule has 2 nitrogen and oxygen atoms in total. The molecule has 0 radical (unpaired) electrons. The van der Waals surface area contributed by atoms with Gasteiger partial charge in [0.25, 0.3) is 0 Å². The summed E-state index contributed by atoms with van der Waals surface area (Å²) in [5, 5.41) is 0. The third kappa shape index (κ3) is 1.19. The summed E-state index contributed by atoms with van der Waals surface area (Å²) in [5.41, 5.74) is 7.05. The van der Waals surface area contributed by atoms with Crippen molar-refractivity contribution in [1.82, 2.24) is 0 Å². The minimum absolute atomic E-state index is 0.0955. The molecule has 0 aliphatic heterocycles. The van der Waals surface area contributed by atoms with Crippen molar-refractivity contribution in [3.63, 3.8) is 0 Å². The van der Waals surface area contributed by atoms with E-state index in [9.17, 15) is 4.79 Å². The lowest BCUT2D eigenvalue weighted by Crippen LogP contribution is -2.07. The van der Waals surface area contributed by atoms with Crippen molar-refractivity contribution in [3.05, 3.63) is 23.4 Å². The van der Waals surface area contributed by atoms with Crippen LogP contribution in [0.3, 0.4) is 0 Å². The van der Waals surface area contributed by atoms with Crippen LogP contribution >= 0.6 is 0 Å². The molecule has 0 aromatic carbocycles. The van der Waals surface area contributed by atoms with Gasteiger partial charge < -0.3 is 5.73 Å². The van der Waals surface area contributed by atoms with Crippen LogP contribution in [0.5, 0.6) is 0 Å². The molecule has 0 saturated heterocycles. The standard InChI is InChI=1S/C7H9NO/c1-5-2-3-6(9)4-7(5)8/h2,4H,3,8H2,1H3. The van der Waals surface area contributed by atoms with Gasteiger partial charge in [-0.3, -0.25) is 4.79 Å². The molecular formula is C7H9NO. The fourth-order valence-corrected chi connectivity index (χ4v) is 0.718. The molecule has 0 spiro atoms. The Labute approximate surface area is 54.0 Å². The van der Waals surface area contributed by atoms with Crippen molar-refractivity contribution in [2.45, 2.75) is 13.3 Å². The van der Waals surface area contributed by atoms with Crippen molar-refractivity contribution in [3.8, 4) is 0 Å². The molecule has 0 aromatic heterocycles. The molecule has 1 aliphatic rings. The molecule has 0 fully saturated rings. The number of hydrogen-bond acceptors (Lipinski definition) is 2. The van der Waals surface area contributed by atoms with Gasteiger partial charge in [-0.25, -0.2) is 0 Å². The van der Waals surface area contributed by atoms with Crippen molar-refractivity contribution in [2.75, 3.05) is 0 Å². The van der Waals surface area contributed by atoms with Crippen LogP contribution in [0.2, 0.25) is 0 Å². The zero-order valence-corrected chi connectivity index (χ0v) is 5.35. The molecule has 0 saturated carbocycles. The highest BCUT2D eigenvalue weighted by molar-refractivity contribution is 5.93. The van der Waals surface area contributed by atoms with Gasteiger partial charge in [0.05, 0.1) is 0 Å². The van der Waals surface area contributed by atoms with Gasteiger partial charge in [0.2, 0.25) is 0 Å². The van der Waals surface area contributed by atoms with Gasteiger partial charge in [-0.2, -0.15) is 0 Å². The van der Waals surface area contributed by atoms with Gasteiger partial charge in [-0.05, 0) is 12.5 Å². The minimum atomic E-state index is 0.0955. The molecule has 48 valence electrons. The van der Waals surface area contributed by atoms with Crippen LogP contribution in [0.25, 0.3) is 0 Å². The van der Waals surface area contributed by atoms with Crippen LogP contribution in [0.4, 0.5) is 0 Å². The first-order valence-corrected chi connectivity index (χ1v) is 2.87. The summed E-state index contributed by atoms with van der Waals surface area (Å²) in [6.07, 6.45) is 3.83. The van der Waals surface area contributed by atoms with Crippen LogP contribution in [0.15, 0.2) is 23.4 Å². The van der Waals surface area contributed by atoms with E-state index in [1.165, 1.54) is 6.08 Å². The molecule has 1 aliphatic carbocycles. The summed E-state index contributed by atoms with van der Waals surface area (Å²) in [6, 6.07) is 0. The predicted octanol–water partition coefficient (Wildman–Crippen LogP) is 0.748. The molecule has 2 N–H and O–H groups in total. The van der Waals surface area contributed by atoms with Crippen molar-refractivity contribution in [2.24, 2.45) is 5.73 Å². The summed E-state index contributed by atoms with van der Waals surface area (Å²) in [7, 11) is 0. The van der Waals surface area contributed by atoms with Crippen molar-refractivity contribution in [1.29, 1.82) is 0 Å². The van der Waals surface area contributed by atoms with E-state index in [4.69, 9.17) is 5.73 Å². The second kappa shape index (κ2) is 2.05. The zero-order valence-electron chi connectivity index (χ0n) is 5.35. The van der Waals surface area contributed by atoms with E-state index in [-0.39, 0.29) is 5.78 Å². The van der Waals surface area contributed by atoms with E-state index in [0.717, 1.165) is 5.57 Å². The molecule has 9 heavy (non-hydrogen) atoms. The highest BCUT2D eigenvalue weighted by atomic mass is 16.1. The van der Waals surface area contributed by atoms with E-state index in [1.807, 2.05) is 13.0 Å². The lowest BCUT2D eigenvalue weighted by molar-refractivity contribution is -0.114. The van der Waals surface area contributed by atoms with E-state index in [2.05, 4.69) is 0 Å². The van der Waals surface area contributed by atoms with Gasteiger partial charge in [0.15, 0.2) is 5.78 Å². The number of rotatable bonds is 0. The maximum atomic E-state index is 10.6. The highest BCUT2D eigenvalue weighted by Crippen LogP contribution is 2.09. The van der Waals surface area contributed by atoms with E-state index >= 15 is 0 Å². The van der Waals surface area contributed by atoms with Crippen LogP contribution in [0.1, 0.15) is 13.3 Å². The molecule has 0 heterocycles. The summed E-state index contributed by atoms with van der Waals surface area (Å²) < 4.78 is 0. The smallest absolute Gasteiger partial charge is 0.161 e. The average Bonchev–Trinajstić information content (AvgIpc) is 1.80. The zero-order chi connectivity index (χ0) is 6.85. The number of allylic oxidation sites excluding steroid dienone is 3. The van der Waals surface area contributed by atoms with Crippen LogP contribution < -0.4 is 5.73 Å². The second-order valence-electron chi connectivity index (χ2n) is 2.16. The first kappa shape index (κ1) is 6.08. The Morgan fingerprint density at radius 3 is 2.78 bits per heavy atom. The Balaban J connectivity index is 2.87. The first-order valence-electron chi connectivity index (χ1n) is 2.87. The largest absolute Gasteiger partial charge is 0.398 e. The van der Waals surface area contributed by atoms with Crippen LogP contribution in [-0.4, -0.2) is 5.78 Å². The Kier molecular flexibility index (Phi) is 1.39. The summed E-state index contributed by atoms with van der Waals surface area (Å²) in [6.45, 7) is 1.90. The Bertz CT molecular complexity index is 201. The normalized spacial score (nSPS) is 19.0. The second-order valence-corrected chi connectivity index (χ2v) is 2.16. The monoisotopic (exact) mass is 123 g/mol. The molecule has 0 unspecified atom stereocenters. The molecule has 2 heteroatoms. The quantitative estimate of drug-likeness (QED) is 0.516. The van der Waals surface area contributed by atoms with Crippen molar-refractivity contribution < 1.29 is 4.79 Å². The van der Waals surface area contributed by atoms with Crippen LogP contribution in [0, 0.1) is 0 Å². The third-order valence-corrected chi connectivity index (χ3v) is 1.38. The molecular weight excluding hydrogens is 114 g/mol. The fraction of sp³-hybridized carbons (Fsp3) is 0.286. The van der Waals surface area contributed by atoms with Gasteiger partial charge in [-0.15, -0.1) is 0 Å². The third-order valence-electron chi connectivity index (χ3n) is 1.38. The summed E-state index contributed by atoms with van der Waals surface area (Å²) in [4.78, 5) is 10.6. The average molecular weight is 123 g/mol. The Hall–Kier alpha value is -1.05. The van der Waals surface area contributed by atoms with Crippen LogP contribution in [-0.2, 0) is 4.79 Å². The van der Waals surface area contributed by atoms with E-state index in [0.29, 0.717) is 12.1 Å². The minimum Gasteiger partial charge on any atom is -0.398 e. The fourth-order valence-electron chi connectivity index (χ4n) is 0.718. The highest BCUT2D eigenvalue weighted by Gasteiger charge is 2.04. The lowest BCUT2D eigenvalue weighted by Gasteiger charge is -2.04. The Morgan fingerprint density at radius 2 is 2.33 bits per heavy atom. The molecule has 0 atom stereocenters.